The first-order chi connectivity index (χ1) is 10.5. The van der Waals surface area contributed by atoms with Crippen molar-refractivity contribution < 1.29 is 52.8 Å². The van der Waals surface area contributed by atoms with Crippen LogP contribution >= 0.6 is 0 Å². The van der Waals surface area contributed by atoms with E-state index in [2.05, 4.69) is 65.7 Å². The van der Waals surface area contributed by atoms with Crippen molar-refractivity contribution in [3.05, 3.63) is 61.8 Å². The van der Waals surface area contributed by atoms with Crippen molar-refractivity contribution in [3.8, 4) is 0 Å². The van der Waals surface area contributed by atoms with E-state index in [1.807, 2.05) is 12.1 Å². The van der Waals surface area contributed by atoms with Gasteiger partial charge in [-0.3, -0.25) is 0 Å². The summed E-state index contributed by atoms with van der Waals surface area (Å²) in [6, 6.07) is 16.1. The summed E-state index contributed by atoms with van der Waals surface area (Å²) in [5.74, 6) is 0. The monoisotopic (exact) mass is 585 g/mol. The molecule has 0 aliphatic heterocycles. The van der Waals surface area contributed by atoms with Gasteiger partial charge < -0.3 is 11.8 Å². The van der Waals surface area contributed by atoms with Crippen molar-refractivity contribution in [1.29, 1.82) is 0 Å². The Kier molecular flexibility index (Phi) is 7.47. The van der Waals surface area contributed by atoms with Crippen LogP contribution < -0.4 is 0 Å². The van der Waals surface area contributed by atoms with Crippen LogP contribution in [-0.2, 0) is 59.2 Å². The van der Waals surface area contributed by atoms with Gasteiger partial charge >= 0.3 is 0 Å². The maximum atomic E-state index is 4.26. The molecule has 0 aliphatic carbocycles. The quantitative estimate of drug-likeness (QED) is 0.236. The van der Waals surface area contributed by atoms with Gasteiger partial charge in [-0.15, -0.1) is 29.4 Å². The van der Waals surface area contributed by atoms with Gasteiger partial charge in [0, 0.05) is 58.3 Å². The number of rotatable bonds is 1. The minimum atomic E-state index is 0. The number of benzene rings is 2. The molecule has 2 aromatic carbocycles. The van der Waals surface area contributed by atoms with E-state index in [9.17, 15) is 0 Å². The first-order valence-corrected chi connectivity index (χ1v) is 7.58. The van der Waals surface area contributed by atoms with E-state index < -0.39 is 0 Å². The van der Waals surface area contributed by atoms with Crippen molar-refractivity contribution in [2.24, 2.45) is 5.41 Å². The molecule has 4 aromatic rings. The molecule has 0 N–H and O–H groups in total. The standard InChI is InChI=1S/C19H18N3.CH3.Ir.Y/c1-19(2,3)11-13-8-9-17-16(10-13)14-6-4-5-7-15(14)18-21-20-12-22(17)18;;;/h4-6,8-10,12H,11H2,1-3H3;1H3;;/q2*-1;;. The fraction of sp³-hybridized carbons (Fsp3) is 0.250. The molecule has 0 aliphatic rings. The summed E-state index contributed by atoms with van der Waals surface area (Å²) in [5.41, 5.74) is 3.64. The number of pyridine rings is 1. The smallest absolute Gasteiger partial charge is 0.114 e. The van der Waals surface area contributed by atoms with Gasteiger partial charge in [0.1, 0.15) is 6.33 Å². The number of hydrogen-bond acceptors (Lipinski definition) is 2. The first-order valence-electron chi connectivity index (χ1n) is 7.58. The molecule has 0 saturated heterocycles. The Bertz CT molecular complexity index is 1000. The predicted molar refractivity (Wildman–Crippen MR) is 96.4 cm³/mol. The molecular weight excluding hydrogens is 563 g/mol. The molecule has 3 nitrogen and oxygen atoms in total. The predicted octanol–water partition coefficient (Wildman–Crippen LogP) is 4.87. The SMILES string of the molecule is CC(C)(C)Cc1ccc2c(c1)c1ccc[c-]c1c1nncn21.[CH3-].[Ir].[Y]. The van der Waals surface area contributed by atoms with Gasteiger partial charge in [-0.25, -0.2) is 0 Å². The van der Waals surface area contributed by atoms with Crippen LogP contribution in [0.1, 0.15) is 26.3 Å². The zero-order chi connectivity index (χ0) is 15.3. The third kappa shape index (κ3) is 4.19. The first kappa shape index (κ1) is 22.4. The molecule has 2 radical (unpaired) electrons. The summed E-state index contributed by atoms with van der Waals surface area (Å²) in [4.78, 5) is 0. The molecule has 5 heteroatoms. The van der Waals surface area contributed by atoms with Crippen molar-refractivity contribution >= 4 is 27.3 Å². The Labute approximate surface area is 187 Å². The number of hydrogen-bond donors (Lipinski definition) is 0. The zero-order valence-corrected chi connectivity index (χ0v) is 20.2. The van der Waals surface area contributed by atoms with Gasteiger partial charge in [0.25, 0.3) is 0 Å². The minimum Gasteiger partial charge on any atom is -0.358 e. The summed E-state index contributed by atoms with van der Waals surface area (Å²) >= 11 is 0. The Morgan fingerprint density at radius 3 is 2.60 bits per heavy atom. The molecule has 0 spiro atoms. The van der Waals surface area contributed by atoms with E-state index in [1.165, 1.54) is 16.3 Å². The molecule has 4 rings (SSSR count). The van der Waals surface area contributed by atoms with Gasteiger partial charge in [-0.05, 0) is 28.9 Å². The molecule has 0 atom stereocenters. The Balaban J connectivity index is 0.00000104. The van der Waals surface area contributed by atoms with Gasteiger partial charge in [-0.1, -0.05) is 43.7 Å². The summed E-state index contributed by atoms with van der Waals surface area (Å²) < 4.78 is 2.05. The fourth-order valence-corrected chi connectivity index (χ4v) is 3.16. The molecule has 0 unspecified atom stereocenters. The molecule has 130 valence electrons. The molecule has 25 heavy (non-hydrogen) atoms. The van der Waals surface area contributed by atoms with Crippen LogP contribution in [0.25, 0.3) is 27.3 Å². The Hall–Kier alpha value is -0.667. The second-order valence-corrected chi connectivity index (χ2v) is 7.07. The molecular formula is C20H21IrN3Y-2. The van der Waals surface area contributed by atoms with Crippen LogP contribution in [-0.4, -0.2) is 14.6 Å². The van der Waals surface area contributed by atoms with Crippen LogP contribution in [0.4, 0.5) is 0 Å². The van der Waals surface area contributed by atoms with Crippen molar-refractivity contribution in [2.45, 2.75) is 27.2 Å². The number of aromatic nitrogens is 3. The van der Waals surface area contributed by atoms with Crippen molar-refractivity contribution in [2.75, 3.05) is 0 Å². The Morgan fingerprint density at radius 1 is 1.12 bits per heavy atom. The van der Waals surface area contributed by atoms with E-state index in [0.717, 1.165) is 23.0 Å². The third-order valence-electron chi connectivity index (χ3n) is 3.97. The van der Waals surface area contributed by atoms with Gasteiger partial charge in [0.2, 0.25) is 0 Å². The minimum absolute atomic E-state index is 0. The van der Waals surface area contributed by atoms with E-state index in [1.54, 1.807) is 6.33 Å². The third-order valence-corrected chi connectivity index (χ3v) is 3.97. The van der Waals surface area contributed by atoms with Gasteiger partial charge in [0.15, 0.2) is 0 Å². The van der Waals surface area contributed by atoms with E-state index in [4.69, 9.17) is 0 Å². The number of nitrogens with zero attached hydrogens (tertiary/aromatic N) is 3. The van der Waals surface area contributed by atoms with Crippen molar-refractivity contribution in [3.63, 3.8) is 0 Å². The maximum Gasteiger partial charge on any atom is 0.114 e. The Morgan fingerprint density at radius 2 is 1.88 bits per heavy atom. The van der Waals surface area contributed by atoms with E-state index >= 15 is 0 Å². The van der Waals surface area contributed by atoms with Crippen LogP contribution in [0.5, 0.6) is 0 Å². The summed E-state index contributed by atoms with van der Waals surface area (Å²) in [6.07, 6.45) is 2.84. The second kappa shape index (κ2) is 8.35. The number of fused-ring (bicyclic) bond motifs is 6. The average Bonchev–Trinajstić information content (AvgIpc) is 2.95. The van der Waals surface area contributed by atoms with Crippen LogP contribution in [0.2, 0.25) is 0 Å². The molecule has 2 aromatic heterocycles. The molecule has 0 amide bonds. The topological polar surface area (TPSA) is 30.2 Å². The maximum absolute atomic E-state index is 4.26. The van der Waals surface area contributed by atoms with Crippen molar-refractivity contribution in [1.82, 2.24) is 14.6 Å². The largest absolute Gasteiger partial charge is 0.358 e. The van der Waals surface area contributed by atoms with E-state index in [0.29, 0.717) is 0 Å². The summed E-state index contributed by atoms with van der Waals surface area (Å²) in [7, 11) is 0. The molecule has 0 saturated carbocycles. The van der Waals surface area contributed by atoms with Gasteiger partial charge in [-0.2, -0.15) is 5.10 Å². The van der Waals surface area contributed by atoms with Crippen LogP contribution in [0.3, 0.4) is 0 Å². The second-order valence-electron chi connectivity index (χ2n) is 7.07. The summed E-state index contributed by atoms with van der Waals surface area (Å²) in [6.45, 7) is 6.81. The molecule has 0 bridgehead atoms. The van der Waals surface area contributed by atoms with E-state index in [-0.39, 0.29) is 65.7 Å². The molecule has 2 heterocycles. The molecule has 0 fully saturated rings. The zero-order valence-electron chi connectivity index (χ0n) is 15.0. The fourth-order valence-electron chi connectivity index (χ4n) is 3.16. The summed E-state index contributed by atoms with van der Waals surface area (Å²) in [5, 5.41) is 11.8. The van der Waals surface area contributed by atoms with Crippen LogP contribution in [0, 0.1) is 18.9 Å². The normalized spacial score (nSPS) is 11.0. The van der Waals surface area contributed by atoms with Crippen LogP contribution in [0.15, 0.2) is 42.7 Å². The van der Waals surface area contributed by atoms with Gasteiger partial charge in [0.05, 0.1) is 5.65 Å². The average molecular weight is 585 g/mol.